The molecule has 5 atom stereocenters. The van der Waals surface area contributed by atoms with Gasteiger partial charge in [0.15, 0.2) is 5.82 Å². The molecule has 5 aliphatic rings. The highest BCUT2D eigenvalue weighted by Crippen LogP contribution is 2.51. The van der Waals surface area contributed by atoms with Crippen molar-refractivity contribution in [3.05, 3.63) is 93.0 Å². The smallest absolute Gasteiger partial charge is 0.226 e. The van der Waals surface area contributed by atoms with Gasteiger partial charge in [-0.1, -0.05) is 54.4 Å². The highest BCUT2D eigenvalue weighted by Gasteiger charge is 2.51. The number of hydrogen-bond acceptors (Lipinski definition) is 5. The Morgan fingerprint density at radius 1 is 1.12 bits per heavy atom. The molecule has 3 saturated heterocycles. The lowest BCUT2D eigenvalue weighted by Gasteiger charge is -2.39. The van der Waals surface area contributed by atoms with Gasteiger partial charge in [0.05, 0.1) is 40.3 Å². The van der Waals surface area contributed by atoms with E-state index in [2.05, 4.69) is 46.0 Å². The van der Waals surface area contributed by atoms with Crippen molar-refractivity contribution in [3.8, 4) is 22.9 Å². The van der Waals surface area contributed by atoms with E-state index in [0.29, 0.717) is 52.4 Å². The SMILES string of the molecule is CCc1cccc(OC2CC(c3cc4c(C)nc5c(F)c(-c6cccc(Cl)c6Cl)c(CCC#N)cc5c4n3C3C4CNC3C4)N(C(=O)C3CC3)C2)c1. The largest absolute Gasteiger partial charge is 0.488 e. The van der Waals surface area contributed by atoms with E-state index in [1.807, 2.05) is 25.1 Å². The molecule has 52 heavy (non-hydrogen) atoms. The van der Waals surface area contributed by atoms with Crippen LogP contribution in [-0.2, 0) is 17.6 Å². The zero-order chi connectivity index (χ0) is 35.8. The summed E-state index contributed by atoms with van der Waals surface area (Å²) < 4.78 is 26.3. The van der Waals surface area contributed by atoms with Crippen molar-refractivity contribution < 1.29 is 13.9 Å². The number of nitrogens with zero attached hydrogens (tertiary/aromatic N) is 4. The average Bonchev–Trinajstić information content (AvgIpc) is 3.43. The predicted molar refractivity (Wildman–Crippen MR) is 202 cm³/mol. The van der Waals surface area contributed by atoms with Crippen molar-refractivity contribution in [2.75, 3.05) is 13.1 Å². The molecule has 1 amide bonds. The Bertz CT molecular complexity index is 2300. The van der Waals surface area contributed by atoms with E-state index in [1.54, 1.807) is 18.2 Å². The fourth-order valence-corrected chi connectivity index (χ4v) is 9.50. The lowest BCUT2D eigenvalue weighted by molar-refractivity contribution is -0.133. The van der Waals surface area contributed by atoms with E-state index < -0.39 is 5.82 Å². The number of ether oxygens (including phenoxy) is 1. The third-order valence-electron chi connectivity index (χ3n) is 11.9. The quantitative estimate of drug-likeness (QED) is 0.163. The number of rotatable bonds is 9. The second-order valence-electron chi connectivity index (χ2n) is 15.0. The number of amides is 1. The summed E-state index contributed by atoms with van der Waals surface area (Å²) in [4.78, 5) is 21.0. The Morgan fingerprint density at radius 3 is 2.67 bits per heavy atom. The van der Waals surface area contributed by atoms with Crippen LogP contribution in [0.15, 0.2) is 54.6 Å². The molecule has 2 aromatic heterocycles. The van der Waals surface area contributed by atoms with Crippen LogP contribution in [0.2, 0.25) is 10.0 Å². The van der Waals surface area contributed by atoms with Gasteiger partial charge in [-0.3, -0.25) is 4.79 Å². The summed E-state index contributed by atoms with van der Waals surface area (Å²) in [5.74, 6) is 1.03. The van der Waals surface area contributed by atoms with E-state index in [-0.39, 0.29) is 53.0 Å². The van der Waals surface area contributed by atoms with Gasteiger partial charge >= 0.3 is 0 Å². The van der Waals surface area contributed by atoms with Crippen molar-refractivity contribution in [2.45, 2.75) is 83.0 Å². The van der Waals surface area contributed by atoms with E-state index in [4.69, 9.17) is 32.9 Å². The van der Waals surface area contributed by atoms with Gasteiger partial charge in [0.1, 0.15) is 17.4 Å². The maximum atomic E-state index is 17.2. The van der Waals surface area contributed by atoms with E-state index >= 15 is 4.39 Å². The minimum absolute atomic E-state index is 0.0572. The fraction of sp³-hybridized carbons (Fsp3) is 0.405. The minimum Gasteiger partial charge on any atom is -0.488 e. The van der Waals surface area contributed by atoms with Gasteiger partial charge in [0.2, 0.25) is 5.91 Å². The second-order valence-corrected chi connectivity index (χ2v) is 15.8. The highest BCUT2D eigenvalue weighted by atomic mass is 35.5. The van der Waals surface area contributed by atoms with Crippen LogP contribution in [0.25, 0.3) is 32.9 Å². The maximum Gasteiger partial charge on any atom is 0.226 e. The summed E-state index contributed by atoms with van der Waals surface area (Å²) in [7, 11) is 0. The first-order valence-corrected chi connectivity index (χ1v) is 19.3. The summed E-state index contributed by atoms with van der Waals surface area (Å²) >= 11 is 13.1. The monoisotopic (exact) mass is 735 g/mol. The van der Waals surface area contributed by atoms with Crippen LogP contribution in [0, 0.1) is 35.9 Å². The molecular formula is C42H40Cl2FN5O2. The standard InChI is InChI=1S/C42H40Cl2FN5O2/c1-3-23-7-4-9-27(15-23)52-28-18-34(49(21-28)42(51)24-12-13-24)35-19-30-22(2)48-39-31(41(30)50(35)40-26-17-33(40)47-20-26)16-25(8-6-14-46)36(38(39)45)29-10-5-11-32(43)37(29)44/h4-5,7,9-11,15-16,19,24,26,28,33-34,40,47H,3,6,8,12-13,17-18,20-21H2,1-2H3. The molecule has 5 heterocycles. The molecule has 5 unspecified atom stereocenters. The number of halogens is 3. The summed E-state index contributed by atoms with van der Waals surface area (Å²) in [6.07, 6.45) is 4.88. The van der Waals surface area contributed by atoms with Gasteiger partial charge in [-0.2, -0.15) is 5.26 Å². The molecule has 5 fully saturated rings. The molecule has 1 N–H and O–H groups in total. The van der Waals surface area contributed by atoms with Crippen molar-refractivity contribution in [3.63, 3.8) is 0 Å². The average molecular weight is 737 g/mol. The molecule has 0 spiro atoms. The molecule has 10 heteroatoms. The molecule has 2 aliphatic carbocycles. The topological polar surface area (TPSA) is 83.2 Å². The first kappa shape index (κ1) is 33.7. The molecule has 3 aliphatic heterocycles. The first-order chi connectivity index (χ1) is 25.2. The van der Waals surface area contributed by atoms with Gasteiger partial charge in [-0.05, 0) is 86.4 Å². The fourth-order valence-electron chi connectivity index (χ4n) is 9.10. The number of carbonyl (C=O) groups is 1. The Morgan fingerprint density at radius 2 is 1.94 bits per heavy atom. The van der Waals surface area contributed by atoms with Crippen molar-refractivity contribution >= 4 is 50.9 Å². The molecule has 10 rings (SSSR count). The Balaban J connectivity index is 1.25. The van der Waals surface area contributed by atoms with Crippen molar-refractivity contribution in [1.82, 2.24) is 19.8 Å². The zero-order valence-corrected chi connectivity index (χ0v) is 30.8. The van der Waals surface area contributed by atoms with Crippen LogP contribution in [-0.4, -0.2) is 45.6 Å². The van der Waals surface area contributed by atoms with Gasteiger partial charge in [-0.15, -0.1) is 0 Å². The lowest BCUT2D eigenvalue weighted by Crippen LogP contribution is -2.41. The Labute approximate surface area is 312 Å². The number of benzene rings is 3. The number of hydrogen-bond donors (Lipinski definition) is 1. The minimum atomic E-state index is -0.474. The van der Waals surface area contributed by atoms with Crippen molar-refractivity contribution in [1.29, 1.82) is 5.26 Å². The van der Waals surface area contributed by atoms with E-state index in [1.165, 1.54) is 5.56 Å². The first-order valence-electron chi connectivity index (χ1n) is 18.5. The number of nitrogens with one attached hydrogen (secondary N) is 1. The zero-order valence-electron chi connectivity index (χ0n) is 29.3. The summed E-state index contributed by atoms with van der Waals surface area (Å²) in [6.45, 7) is 5.51. The number of pyridine rings is 1. The normalized spacial score (nSPS) is 23.7. The summed E-state index contributed by atoms with van der Waals surface area (Å²) in [5, 5.41) is 15.6. The van der Waals surface area contributed by atoms with Crippen LogP contribution in [0.4, 0.5) is 4.39 Å². The van der Waals surface area contributed by atoms with Crippen LogP contribution in [0.5, 0.6) is 5.75 Å². The molecule has 266 valence electrons. The molecule has 3 aromatic carbocycles. The molecular weight excluding hydrogens is 696 g/mol. The number of aryl methyl sites for hydroxylation is 3. The number of aromatic nitrogens is 2. The third-order valence-corrected chi connectivity index (χ3v) is 12.7. The van der Waals surface area contributed by atoms with E-state index in [9.17, 15) is 10.1 Å². The number of carbonyl (C=O) groups excluding carboxylic acids is 1. The van der Waals surface area contributed by atoms with Crippen LogP contribution >= 0.6 is 23.2 Å². The molecule has 2 saturated carbocycles. The highest BCUT2D eigenvalue weighted by molar-refractivity contribution is 6.43. The van der Waals surface area contributed by atoms with Gasteiger partial charge in [0, 0.05) is 64.6 Å². The van der Waals surface area contributed by atoms with Crippen LogP contribution in [0.3, 0.4) is 0 Å². The molecule has 2 bridgehead atoms. The number of likely N-dealkylation sites (tertiary alicyclic amines) is 1. The Hall–Kier alpha value is -4.16. The summed E-state index contributed by atoms with van der Waals surface area (Å²) in [6, 6.07) is 20.1. The number of nitriles is 1. The summed E-state index contributed by atoms with van der Waals surface area (Å²) in [5.41, 5.74) is 5.67. The van der Waals surface area contributed by atoms with Gasteiger partial charge < -0.3 is 19.5 Å². The Kier molecular flexibility index (Phi) is 8.45. The third kappa shape index (κ3) is 5.47. The van der Waals surface area contributed by atoms with E-state index in [0.717, 1.165) is 60.3 Å². The second kappa shape index (κ2) is 13.1. The van der Waals surface area contributed by atoms with Crippen LogP contribution < -0.4 is 10.1 Å². The van der Waals surface area contributed by atoms with Crippen molar-refractivity contribution in [2.24, 2.45) is 11.8 Å². The molecule has 5 aromatic rings. The van der Waals surface area contributed by atoms with Gasteiger partial charge in [-0.25, -0.2) is 9.37 Å². The van der Waals surface area contributed by atoms with Gasteiger partial charge in [0.25, 0.3) is 0 Å². The molecule has 0 radical (unpaired) electrons. The number of fused-ring (bicyclic) bond motifs is 4. The predicted octanol–water partition coefficient (Wildman–Crippen LogP) is 9.29. The molecule has 7 nitrogen and oxygen atoms in total. The lowest BCUT2D eigenvalue weighted by atomic mass is 9.79. The van der Waals surface area contributed by atoms with Crippen LogP contribution in [0.1, 0.15) is 73.6 Å². The maximum absolute atomic E-state index is 17.2.